The minimum Gasteiger partial charge on any atom is -0.394 e. The van der Waals surface area contributed by atoms with E-state index < -0.39 is 9.84 Å². The zero-order valence-electron chi connectivity index (χ0n) is 17.4. The Morgan fingerprint density at radius 3 is 2.39 bits per heavy atom. The second-order valence-corrected chi connectivity index (χ2v) is 11.2. The molecule has 1 aromatic rings. The van der Waals surface area contributed by atoms with Crippen molar-refractivity contribution in [2.24, 2.45) is 11.3 Å². The van der Waals surface area contributed by atoms with Gasteiger partial charge in [0.05, 0.1) is 17.3 Å². The van der Waals surface area contributed by atoms with E-state index in [9.17, 15) is 18.3 Å². The summed E-state index contributed by atoms with van der Waals surface area (Å²) in [7, 11) is -3.38. The molecule has 1 aromatic carbocycles. The van der Waals surface area contributed by atoms with Crippen LogP contribution in [0.4, 0.5) is 5.69 Å². The third-order valence-electron chi connectivity index (χ3n) is 5.38. The molecule has 0 saturated heterocycles. The van der Waals surface area contributed by atoms with Crippen molar-refractivity contribution in [3.05, 3.63) is 24.3 Å². The molecule has 0 aromatic heterocycles. The molecule has 0 bridgehead atoms. The average Bonchev–Trinajstić information content (AvgIpc) is 2.57. The van der Waals surface area contributed by atoms with Crippen LogP contribution >= 0.6 is 0 Å². The predicted molar refractivity (Wildman–Crippen MR) is 112 cm³/mol. The molecule has 2 rings (SSSR count). The molecule has 2 atom stereocenters. The number of sulfone groups is 1. The second-order valence-electron chi connectivity index (χ2n) is 9.10. The molecule has 1 amide bonds. The molecule has 0 unspecified atom stereocenters. The number of hydrogen-bond acceptors (Lipinski definition) is 5. The molecule has 7 heteroatoms. The van der Waals surface area contributed by atoms with Crippen molar-refractivity contribution in [3.63, 3.8) is 0 Å². The van der Waals surface area contributed by atoms with Crippen LogP contribution in [0.25, 0.3) is 0 Å². The van der Waals surface area contributed by atoms with Gasteiger partial charge in [-0.15, -0.1) is 0 Å². The van der Waals surface area contributed by atoms with Crippen molar-refractivity contribution in [1.82, 2.24) is 5.32 Å². The summed E-state index contributed by atoms with van der Waals surface area (Å²) >= 11 is 0. The number of carbonyl (C=O) groups is 1. The van der Waals surface area contributed by atoms with Crippen LogP contribution in [0.3, 0.4) is 0 Å². The lowest BCUT2D eigenvalue weighted by atomic mass is 9.64. The summed E-state index contributed by atoms with van der Waals surface area (Å²) in [5.74, 6) is 0.369. The quantitative estimate of drug-likeness (QED) is 0.573. The maximum absolute atomic E-state index is 12.6. The Hall–Kier alpha value is -1.44. The summed E-state index contributed by atoms with van der Waals surface area (Å²) in [5, 5.41) is 16.1. The van der Waals surface area contributed by atoms with E-state index in [-0.39, 0.29) is 34.1 Å². The van der Waals surface area contributed by atoms with Crippen LogP contribution in [0.2, 0.25) is 0 Å². The van der Waals surface area contributed by atoms with Gasteiger partial charge in [0.25, 0.3) is 0 Å². The van der Waals surface area contributed by atoms with Gasteiger partial charge < -0.3 is 15.7 Å². The molecule has 28 heavy (non-hydrogen) atoms. The summed E-state index contributed by atoms with van der Waals surface area (Å²) in [4.78, 5) is 11.3. The number of amides is 1. The van der Waals surface area contributed by atoms with E-state index >= 15 is 0 Å². The van der Waals surface area contributed by atoms with Gasteiger partial charge in [0, 0.05) is 18.2 Å². The van der Waals surface area contributed by atoms with Gasteiger partial charge in [-0.1, -0.05) is 20.8 Å². The molecule has 1 fully saturated rings. The average molecular weight is 411 g/mol. The molecule has 0 spiro atoms. The van der Waals surface area contributed by atoms with Crippen LogP contribution < -0.4 is 10.6 Å². The summed E-state index contributed by atoms with van der Waals surface area (Å²) in [6.07, 6.45) is 3.41. The molecule has 1 aliphatic rings. The van der Waals surface area contributed by atoms with E-state index in [0.717, 1.165) is 19.3 Å². The van der Waals surface area contributed by atoms with Crippen LogP contribution in [-0.4, -0.2) is 43.9 Å². The largest absolute Gasteiger partial charge is 0.394 e. The van der Waals surface area contributed by atoms with Gasteiger partial charge >= 0.3 is 0 Å². The summed E-state index contributed by atoms with van der Waals surface area (Å²) < 4.78 is 25.1. The first-order chi connectivity index (χ1) is 13.0. The van der Waals surface area contributed by atoms with E-state index in [1.54, 1.807) is 12.1 Å². The number of benzene rings is 1. The maximum atomic E-state index is 12.6. The van der Waals surface area contributed by atoms with E-state index in [2.05, 4.69) is 31.4 Å². The Morgan fingerprint density at radius 2 is 1.86 bits per heavy atom. The van der Waals surface area contributed by atoms with Gasteiger partial charge in [0.2, 0.25) is 5.91 Å². The lowest BCUT2D eigenvalue weighted by Gasteiger charge is -2.47. The van der Waals surface area contributed by atoms with E-state index in [1.165, 1.54) is 19.1 Å². The van der Waals surface area contributed by atoms with Crippen LogP contribution in [-0.2, 0) is 14.6 Å². The number of hydrogen-bond donors (Lipinski definition) is 3. The normalized spacial score (nSPS) is 24.7. The van der Waals surface area contributed by atoms with Gasteiger partial charge in [-0.05, 0) is 67.8 Å². The highest BCUT2D eigenvalue weighted by Crippen LogP contribution is 2.43. The Kier molecular flexibility index (Phi) is 7.28. The van der Waals surface area contributed by atoms with Crippen molar-refractivity contribution >= 4 is 21.4 Å². The number of nitrogens with one attached hydrogen (secondary N) is 2. The Labute approximate surface area is 169 Å². The third-order valence-corrected chi connectivity index (χ3v) is 7.20. The number of aliphatic hydroxyl groups excluding tert-OH is 1. The van der Waals surface area contributed by atoms with Crippen LogP contribution in [0, 0.1) is 11.3 Å². The van der Waals surface area contributed by atoms with Gasteiger partial charge in [0.1, 0.15) is 0 Å². The van der Waals surface area contributed by atoms with Gasteiger partial charge in [0.15, 0.2) is 9.84 Å². The van der Waals surface area contributed by atoms with Gasteiger partial charge in [-0.25, -0.2) is 8.42 Å². The SMILES string of the molecule is CC(=O)Nc1ccc(S(=O)(=O)CCCN[C@@]2(CO)C[C@H](C)CC(C)(C)C2)cc1. The van der Waals surface area contributed by atoms with Gasteiger partial charge in [-0.3, -0.25) is 4.79 Å². The Bertz CT molecular complexity index is 774. The lowest BCUT2D eigenvalue weighted by Crippen LogP contribution is -2.55. The lowest BCUT2D eigenvalue weighted by molar-refractivity contribution is -0.114. The molecular formula is C21H34N2O4S. The fourth-order valence-electron chi connectivity index (χ4n) is 4.74. The van der Waals surface area contributed by atoms with Gasteiger partial charge in [-0.2, -0.15) is 0 Å². The maximum Gasteiger partial charge on any atom is 0.221 e. The minimum absolute atomic E-state index is 0.0416. The van der Waals surface area contributed by atoms with Crippen molar-refractivity contribution in [3.8, 4) is 0 Å². The topological polar surface area (TPSA) is 95.5 Å². The van der Waals surface area contributed by atoms with Crippen molar-refractivity contribution < 1.29 is 18.3 Å². The van der Waals surface area contributed by atoms with Crippen molar-refractivity contribution in [2.45, 2.75) is 63.8 Å². The number of rotatable bonds is 8. The first kappa shape index (κ1) is 22.8. The standard InChI is InChI=1S/C21H34N2O4S/c1-16-12-20(3,4)14-21(13-16,15-24)22-10-5-11-28(26,27)19-8-6-18(7-9-19)23-17(2)25/h6-9,16,22,24H,5,10-15H2,1-4H3,(H,23,25)/t16-,21+/m1/s1. The molecule has 1 aliphatic carbocycles. The van der Waals surface area contributed by atoms with E-state index in [4.69, 9.17) is 0 Å². The van der Waals surface area contributed by atoms with Crippen molar-refractivity contribution in [2.75, 3.05) is 24.2 Å². The molecule has 3 N–H and O–H groups in total. The van der Waals surface area contributed by atoms with Crippen LogP contribution in [0.5, 0.6) is 0 Å². The summed E-state index contributed by atoms with van der Waals surface area (Å²) in [6.45, 7) is 8.69. The van der Waals surface area contributed by atoms with Crippen molar-refractivity contribution in [1.29, 1.82) is 0 Å². The Balaban J connectivity index is 1.91. The fraction of sp³-hybridized carbons (Fsp3) is 0.667. The third kappa shape index (κ3) is 6.29. The number of carbonyl (C=O) groups excluding carboxylic acids is 1. The molecule has 0 radical (unpaired) electrons. The van der Waals surface area contributed by atoms with E-state index in [1.807, 2.05) is 0 Å². The van der Waals surface area contributed by atoms with Crippen LogP contribution in [0.15, 0.2) is 29.2 Å². The first-order valence-electron chi connectivity index (χ1n) is 9.93. The molecule has 0 heterocycles. The van der Waals surface area contributed by atoms with E-state index in [0.29, 0.717) is 24.6 Å². The predicted octanol–water partition coefficient (Wildman–Crippen LogP) is 2.98. The fourth-order valence-corrected chi connectivity index (χ4v) is 6.05. The van der Waals surface area contributed by atoms with Crippen LogP contribution in [0.1, 0.15) is 53.4 Å². The number of anilines is 1. The molecule has 1 saturated carbocycles. The summed E-state index contributed by atoms with van der Waals surface area (Å²) in [6, 6.07) is 6.24. The highest BCUT2D eigenvalue weighted by Gasteiger charge is 2.42. The molecular weight excluding hydrogens is 376 g/mol. The smallest absolute Gasteiger partial charge is 0.221 e. The number of aliphatic hydroxyl groups is 1. The monoisotopic (exact) mass is 410 g/mol. The molecule has 0 aliphatic heterocycles. The minimum atomic E-state index is -3.38. The molecule has 158 valence electrons. The second kappa shape index (κ2) is 8.93. The highest BCUT2D eigenvalue weighted by atomic mass is 32.2. The zero-order valence-corrected chi connectivity index (χ0v) is 18.2. The first-order valence-corrected chi connectivity index (χ1v) is 11.6. The molecule has 6 nitrogen and oxygen atoms in total. The Morgan fingerprint density at radius 1 is 1.21 bits per heavy atom. The zero-order chi connectivity index (χ0) is 21.0. The highest BCUT2D eigenvalue weighted by molar-refractivity contribution is 7.91. The summed E-state index contributed by atoms with van der Waals surface area (Å²) in [5.41, 5.74) is 0.409.